The summed E-state index contributed by atoms with van der Waals surface area (Å²) in [6.07, 6.45) is 4.99. The van der Waals surface area contributed by atoms with Crippen LogP contribution in [0.4, 0.5) is 4.39 Å². The molecule has 3 rings (SSSR count). The van der Waals surface area contributed by atoms with E-state index in [2.05, 4.69) is 43.1 Å². The van der Waals surface area contributed by atoms with Crippen molar-refractivity contribution in [2.45, 2.75) is 33.1 Å². The van der Waals surface area contributed by atoms with Gasteiger partial charge < -0.3 is 0 Å². The second kappa shape index (κ2) is 6.27. The van der Waals surface area contributed by atoms with E-state index in [1.54, 1.807) is 12.3 Å². The summed E-state index contributed by atoms with van der Waals surface area (Å²) in [6, 6.07) is 13.4. The van der Waals surface area contributed by atoms with Crippen molar-refractivity contribution in [2.75, 3.05) is 0 Å². The molecular formula is C20H20FN. The maximum absolute atomic E-state index is 13.5. The predicted molar refractivity (Wildman–Crippen MR) is 90.5 cm³/mol. The van der Waals surface area contributed by atoms with Crippen molar-refractivity contribution in [2.24, 2.45) is 0 Å². The van der Waals surface area contributed by atoms with Crippen molar-refractivity contribution in [3.05, 3.63) is 65.7 Å². The van der Waals surface area contributed by atoms with Gasteiger partial charge in [0.05, 0.1) is 0 Å². The molecule has 2 aromatic carbocycles. The van der Waals surface area contributed by atoms with Crippen LogP contribution in [-0.2, 0) is 6.42 Å². The number of rotatable bonds is 4. The molecule has 0 bridgehead atoms. The van der Waals surface area contributed by atoms with Crippen LogP contribution in [0.2, 0.25) is 0 Å². The zero-order valence-corrected chi connectivity index (χ0v) is 13.1. The summed E-state index contributed by atoms with van der Waals surface area (Å²) >= 11 is 0. The molecule has 3 aromatic rings. The molecule has 1 nitrogen and oxygen atoms in total. The number of aromatic nitrogens is 1. The SMILES string of the molecule is CCCCc1ncc2cc(F)ccc2c1-c1ccc(C)cc1. The average molecular weight is 293 g/mol. The quantitative estimate of drug-likeness (QED) is 0.602. The van der Waals surface area contributed by atoms with Crippen LogP contribution in [-0.4, -0.2) is 4.98 Å². The minimum absolute atomic E-state index is 0.217. The number of nitrogens with zero attached hydrogens (tertiary/aromatic N) is 1. The van der Waals surface area contributed by atoms with E-state index in [9.17, 15) is 4.39 Å². The number of halogens is 1. The molecule has 0 atom stereocenters. The van der Waals surface area contributed by atoms with E-state index >= 15 is 0 Å². The summed E-state index contributed by atoms with van der Waals surface area (Å²) in [5.74, 6) is -0.217. The fourth-order valence-corrected chi connectivity index (χ4v) is 2.81. The molecule has 2 heteroatoms. The molecule has 0 amide bonds. The lowest BCUT2D eigenvalue weighted by molar-refractivity contribution is 0.629. The molecule has 22 heavy (non-hydrogen) atoms. The largest absolute Gasteiger partial charge is 0.260 e. The fraction of sp³-hybridized carbons (Fsp3) is 0.250. The molecular weight excluding hydrogens is 273 g/mol. The first-order valence-corrected chi connectivity index (χ1v) is 7.83. The molecule has 0 saturated carbocycles. The number of hydrogen-bond donors (Lipinski definition) is 0. The summed E-state index contributed by atoms with van der Waals surface area (Å²) < 4.78 is 13.5. The van der Waals surface area contributed by atoms with E-state index in [0.717, 1.165) is 46.9 Å². The molecule has 0 N–H and O–H groups in total. The first kappa shape index (κ1) is 14.7. The van der Waals surface area contributed by atoms with E-state index in [-0.39, 0.29) is 5.82 Å². The summed E-state index contributed by atoms with van der Waals surface area (Å²) in [5, 5.41) is 1.93. The smallest absolute Gasteiger partial charge is 0.123 e. The Morgan fingerprint density at radius 1 is 1.05 bits per heavy atom. The summed E-state index contributed by atoms with van der Waals surface area (Å²) in [4.78, 5) is 4.62. The van der Waals surface area contributed by atoms with Gasteiger partial charge in [0.2, 0.25) is 0 Å². The summed E-state index contributed by atoms with van der Waals surface area (Å²) in [5.41, 5.74) is 4.63. The molecule has 0 unspecified atom stereocenters. The maximum atomic E-state index is 13.5. The van der Waals surface area contributed by atoms with Gasteiger partial charge >= 0.3 is 0 Å². The van der Waals surface area contributed by atoms with Crippen LogP contribution >= 0.6 is 0 Å². The lowest BCUT2D eigenvalue weighted by Gasteiger charge is -2.13. The summed E-state index contributed by atoms with van der Waals surface area (Å²) in [7, 11) is 0. The number of unbranched alkanes of at least 4 members (excludes halogenated alkanes) is 1. The third kappa shape index (κ3) is 2.87. The van der Waals surface area contributed by atoms with Gasteiger partial charge in [0.25, 0.3) is 0 Å². The normalized spacial score (nSPS) is 11.0. The standard InChI is InChI=1S/C20H20FN/c1-3-4-5-19-20(15-8-6-14(2)7-9-15)18-11-10-17(21)12-16(18)13-22-19/h6-13H,3-5H2,1-2H3. The molecule has 1 heterocycles. The number of aryl methyl sites for hydroxylation is 2. The lowest BCUT2D eigenvalue weighted by atomic mass is 9.95. The highest BCUT2D eigenvalue weighted by molar-refractivity contribution is 5.97. The van der Waals surface area contributed by atoms with Gasteiger partial charge in [-0.3, -0.25) is 4.98 Å². The van der Waals surface area contributed by atoms with E-state index < -0.39 is 0 Å². The Labute approximate surface area is 130 Å². The molecule has 0 spiro atoms. The molecule has 0 saturated heterocycles. The molecule has 1 aromatic heterocycles. The zero-order valence-electron chi connectivity index (χ0n) is 13.1. The van der Waals surface area contributed by atoms with Gasteiger partial charge in [0.15, 0.2) is 0 Å². The highest BCUT2D eigenvalue weighted by Crippen LogP contribution is 2.32. The Bertz CT molecular complexity index is 791. The molecule has 0 radical (unpaired) electrons. The van der Waals surface area contributed by atoms with Gasteiger partial charge in [-0.1, -0.05) is 49.2 Å². The van der Waals surface area contributed by atoms with Crippen molar-refractivity contribution in [1.82, 2.24) is 4.98 Å². The average Bonchev–Trinajstić information content (AvgIpc) is 2.53. The first-order valence-electron chi connectivity index (χ1n) is 7.83. The third-order valence-corrected chi connectivity index (χ3v) is 4.04. The minimum Gasteiger partial charge on any atom is -0.260 e. The van der Waals surface area contributed by atoms with Crippen LogP contribution in [0.3, 0.4) is 0 Å². The van der Waals surface area contributed by atoms with Gasteiger partial charge in [0, 0.05) is 22.8 Å². The first-order chi connectivity index (χ1) is 10.7. The highest BCUT2D eigenvalue weighted by atomic mass is 19.1. The van der Waals surface area contributed by atoms with Crippen LogP contribution in [0.1, 0.15) is 31.0 Å². The van der Waals surface area contributed by atoms with E-state index in [1.165, 1.54) is 11.6 Å². The molecule has 0 aliphatic rings. The zero-order chi connectivity index (χ0) is 15.5. The van der Waals surface area contributed by atoms with Gasteiger partial charge in [0.1, 0.15) is 5.82 Å². The third-order valence-electron chi connectivity index (χ3n) is 4.04. The van der Waals surface area contributed by atoms with Crippen LogP contribution < -0.4 is 0 Å². The monoisotopic (exact) mass is 293 g/mol. The number of benzene rings is 2. The molecule has 112 valence electrons. The van der Waals surface area contributed by atoms with Crippen molar-refractivity contribution in [3.63, 3.8) is 0 Å². The Morgan fingerprint density at radius 2 is 1.82 bits per heavy atom. The van der Waals surface area contributed by atoms with Gasteiger partial charge in [-0.15, -0.1) is 0 Å². The Morgan fingerprint density at radius 3 is 2.55 bits per heavy atom. The lowest BCUT2D eigenvalue weighted by Crippen LogP contribution is -1.96. The van der Waals surface area contributed by atoms with Crippen molar-refractivity contribution in [3.8, 4) is 11.1 Å². The van der Waals surface area contributed by atoms with Crippen LogP contribution in [0.5, 0.6) is 0 Å². The Kier molecular flexibility index (Phi) is 4.19. The van der Waals surface area contributed by atoms with Gasteiger partial charge in [-0.2, -0.15) is 0 Å². The van der Waals surface area contributed by atoms with Crippen molar-refractivity contribution >= 4 is 10.8 Å². The van der Waals surface area contributed by atoms with Crippen LogP contribution in [0.25, 0.3) is 21.9 Å². The maximum Gasteiger partial charge on any atom is 0.123 e. The molecule has 0 aliphatic heterocycles. The van der Waals surface area contributed by atoms with Crippen LogP contribution in [0, 0.1) is 12.7 Å². The van der Waals surface area contributed by atoms with Crippen molar-refractivity contribution in [1.29, 1.82) is 0 Å². The number of fused-ring (bicyclic) bond motifs is 1. The van der Waals surface area contributed by atoms with Crippen molar-refractivity contribution < 1.29 is 4.39 Å². The fourth-order valence-electron chi connectivity index (χ4n) is 2.81. The second-order valence-corrected chi connectivity index (χ2v) is 5.78. The number of pyridine rings is 1. The van der Waals surface area contributed by atoms with Gasteiger partial charge in [-0.05, 0) is 42.8 Å². The Hall–Kier alpha value is -2.22. The number of hydrogen-bond acceptors (Lipinski definition) is 1. The van der Waals surface area contributed by atoms with Crippen LogP contribution in [0.15, 0.2) is 48.7 Å². The van der Waals surface area contributed by atoms with Gasteiger partial charge in [-0.25, -0.2) is 4.39 Å². The van der Waals surface area contributed by atoms with E-state index in [0.29, 0.717) is 0 Å². The minimum atomic E-state index is -0.217. The van der Waals surface area contributed by atoms with E-state index in [4.69, 9.17) is 0 Å². The van der Waals surface area contributed by atoms with E-state index in [1.807, 2.05) is 6.07 Å². The Balaban J connectivity index is 2.23. The summed E-state index contributed by atoms with van der Waals surface area (Å²) in [6.45, 7) is 4.26. The topological polar surface area (TPSA) is 12.9 Å². The predicted octanol–water partition coefficient (Wildman–Crippen LogP) is 5.69. The second-order valence-electron chi connectivity index (χ2n) is 5.78. The molecule has 0 fully saturated rings. The molecule has 0 aliphatic carbocycles. The highest BCUT2D eigenvalue weighted by Gasteiger charge is 2.12.